The van der Waals surface area contributed by atoms with E-state index in [0.29, 0.717) is 6.61 Å². The van der Waals surface area contributed by atoms with Gasteiger partial charge in [-0.3, -0.25) is 4.52 Å². The summed E-state index contributed by atoms with van der Waals surface area (Å²) in [6, 6.07) is 0. The zero-order valence-corrected chi connectivity index (χ0v) is 7.86. The van der Waals surface area contributed by atoms with E-state index in [0.717, 1.165) is 12.8 Å². The van der Waals surface area contributed by atoms with Crippen molar-refractivity contribution >= 4 is 7.99 Å². The fraction of sp³-hybridized carbons (Fsp3) is 1.00. The molecule has 0 spiro atoms. The largest absolute Gasteiger partial charge is 0.552 e. The summed E-state index contributed by atoms with van der Waals surface area (Å²) in [5, 5.41) is 0. The van der Waals surface area contributed by atoms with Gasteiger partial charge in [-0.15, -0.1) is 8.39 Å². The van der Waals surface area contributed by atoms with E-state index < -0.39 is 7.99 Å². The first kappa shape index (κ1) is 12.0. The van der Waals surface area contributed by atoms with Crippen LogP contribution in [0.2, 0.25) is 0 Å². The van der Waals surface area contributed by atoms with Crippen LogP contribution < -0.4 is 0 Å². The van der Waals surface area contributed by atoms with Gasteiger partial charge < -0.3 is 4.74 Å². The summed E-state index contributed by atoms with van der Waals surface area (Å²) in [6.45, 7) is 2.28. The Morgan fingerprint density at radius 3 is 2.42 bits per heavy atom. The normalized spacial score (nSPS) is 11.9. The molecule has 12 heavy (non-hydrogen) atoms. The zero-order chi connectivity index (χ0) is 9.45. The van der Waals surface area contributed by atoms with Crippen LogP contribution in [0.5, 0.6) is 0 Å². The minimum absolute atomic E-state index is 0.0673. The zero-order valence-electron chi connectivity index (χ0n) is 6.96. The summed E-state index contributed by atoms with van der Waals surface area (Å²) in [7, 11) is -5.30. The molecular weight excluding hydrogens is 189 g/mol. The summed E-state index contributed by atoms with van der Waals surface area (Å²) in [5.41, 5.74) is 0. The average Bonchev–Trinajstić information content (AvgIpc) is 1.94. The summed E-state index contributed by atoms with van der Waals surface area (Å²) in [4.78, 5) is 0. The smallest absolute Gasteiger partial charge is 0.379 e. The molecule has 0 aliphatic heterocycles. The molecule has 0 amide bonds. The topological polar surface area (TPSA) is 35.5 Å². The van der Waals surface area contributed by atoms with Crippen LogP contribution in [-0.4, -0.2) is 19.8 Å². The molecule has 0 aromatic rings. The Labute approximate surface area is 70.7 Å². The van der Waals surface area contributed by atoms with E-state index in [4.69, 9.17) is 4.74 Å². The van der Waals surface area contributed by atoms with Gasteiger partial charge in [0.2, 0.25) is 0 Å². The number of halogens is 2. The number of hydrogen-bond donors (Lipinski definition) is 0. The van der Waals surface area contributed by atoms with Gasteiger partial charge in [0.1, 0.15) is 0 Å². The minimum Gasteiger partial charge on any atom is -0.379 e. The van der Waals surface area contributed by atoms with Gasteiger partial charge in [0.05, 0.1) is 13.2 Å². The first-order chi connectivity index (χ1) is 5.56. The highest BCUT2D eigenvalue weighted by Crippen LogP contribution is 2.49. The van der Waals surface area contributed by atoms with Crippen molar-refractivity contribution in [3.63, 3.8) is 0 Å². The van der Waals surface area contributed by atoms with Gasteiger partial charge >= 0.3 is 7.99 Å². The van der Waals surface area contributed by atoms with Crippen molar-refractivity contribution in [3.05, 3.63) is 0 Å². The summed E-state index contributed by atoms with van der Waals surface area (Å²) < 4.78 is 41.4. The molecule has 0 saturated heterocycles. The lowest BCUT2D eigenvalue weighted by Crippen LogP contribution is -2.02. The van der Waals surface area contributed by atoms with Crippen LogP contribution in [0.15, 0.2) is 0 Å². The van der Waals surface area contributed by atoms with Crippen LogP contribution in [0.1, 0.15) is 19.8 Å². The Hall–Kier alpha value is 0.01000. The Bertz CT molecular complexity index is 148. The van der Waals surface area contributed by atoms with Gasteiger partial charge in [0.25, 0.3) is 0 Å². The van der Waals surface area contributed by atoms with Crippen molar-refractivity contribution < 1.29 is 22.2 Å². The van der Waals surface area contributed by atoms with Crippen LogP contribution in [0.4, 0.5) is 8.39 Å². The van der Waals surface area contributed by atoms with E-state index in [-0.39, 0.29) is 13.2 Å². The number of ether oxygens (including phenoxy) is 1. The third kappa shape index (κ3) is 10.0. The van der Waals surface area contributed by atoms with Crippen LogP contribution >= 0.6 is 7.99 Å². The van der Waals surface area contributed by atoms with E-state index >= 15 is 0 Å². The molecule has 74 valence electrons. The van der Waals surface area contributed by atoms with Crippen molar-refractivity contribution in [3.8, 4) is 0 Å². The molecule has 0 N–H and O–H groups in total. The van der Waals surface area contributed by atoms with Crippen molar-refractivity contribution in [1.29, 1.82) is 0 Å². The molecule has 0 aromatic carbocycles. The highest BCUT2D eigenvalue weighted by atomic mass is 31.2. The van der Waals surface area contributed by atoms with E-state index in [1.54, 1.807) is 0 Å². The van der Waals surface area contributed by atoms with Gasteiger partial charge in [-0.2, -0.15) is 0 Å². The lowest BCUT2D eigenvalue weighted by Gasteiger charge is -2.02. The molecule has 0 aromatic heterocycles. The third-order valence-electron chi connectivity index (χ3n) is 1.11. The summed E-state index contributed by atoms with van der Waals surface area (Å²) in [6.07, 6.45) is 1.88. The van der Waals surface area contributed by atoms with Crippen LogP contribution in [-0.2, 0) is 13.8 Å². The molecule has 0 atom stereocenters. The molecule has 0 aliphatic carbocycles. The molecule has 0 saturated carbocycles. The standard InChI is InChI=1S/C6H13F2O3P/c1-2-3-4-10-5-6-11-12(7,8)9/h2-6H2,1H3. The fourth-order valence-electron chi connectivity index (χ4n) is 0.551. The van der Waals surface area contributed by atoms with E-state index in [9.17, 15) is 13.0 Å². The molecule has 0 fully saturated rings. The Kier molecular flexibility index (Phi) is 6.52. The minimum atomic E-state index is -5.30. The highest BCUT2D eigenvalue weighted by molar-refractivity contribution is 7.47. The summed E-state index contributed by atoms with van der Waals surface area (Å²) >= 11 is 0. The molecular formula is C6H13F2O3P. The SMILES string of the molecule is CCCCOCCOP(=O)(F)F. The second-order valence-electron chi connectivity index (χ2n) is 2.21. The lowest BCUT2D eigenvalue weighted by atomic mass is 10.4. The second-order valence-corrected chi connectivity index (χ2v) is 3.30. The maximum Gasteiger partial charge on any atom is 0.552 e. The van der Waals surface area contributed by atoms with Gasteiger partial charge in [0, 0.05) is 6.61 Å². The van der Waals surface area contributed by atoms with E-state index in [1.807, 2.05) is 6.92 Å². The van der Waals surface area contributed by atoms with Gasteiger partial charge in [-0.1, -0.05) is 13.3 Å². The Balaban J connectivity index is 3.06. The van der Waals surface area contributed by atoms with E-state index in [1.165, 1.54) is 0 Å². The predicted molar refractivity (Wildman–Crippen MR) is 41.5 cm³/mol. The van der Waals surface area contributed by atoms with Gasteiger partial charge in [-0.25, -0.2) is 4.57 Å². The van der Waals surface area contributed by atoms with Crippen LogP contribution in [0.3, 0.4) is 0 Å². The number of unbranched alkanes of at least 4 members (excludes halogenated alkanes) is 1. The third-order valence-corrected chi connectivity index (χ3v) is 1.59. The molecule has 3 nitrogen and oxygen atoms in total. The molecule has 0 rings (SSSR count). The maximum atomic E-state index is 11.6. The first-order valence-corrected chi connectivity index (χ1v) is 5.18. The van der Waals surface area contributed by atoms with Crippen molar-refractivity contribution in [1.82, 2.24) is 0 Å². The van der Waals surface area contributed by atoms with Crippen molar-refractivity contribution in [2.45, 2.75) is 19.8 Å². The van der Waals surface area contributed by atoms with E-state index in [2.05, 4.69) is 4.52 Å². The molecule has 0 heterocycles. The van der Waals surface area contributed by atoms with Crippen LogP contribution in [0.25, 0.3) is 0 Å². The molecule has 0 radical (unpaired) electrons. The molecule has 6 heteroatoms. The predicted octanol–water partition coefficient (Wildman–Crippen LogP) is 2.87. The summed E-state index contributed by atoms with van der Waals surface area (Å²) in [5.74, 6) is 0. The first-order valence-electron chi connectivity index (χ1n) is 3.78. The monoisotopic (exact) mass is 202 g/mol. The quantitative estimate of drug-likeness (QED) is 0.470. The molecule has 0 bridgehead atoms. The van der Waals surface area contributed by atoms with Crippen molar-refractivity contribution in [2.75, 3.05) is 19.8 Å². The highest BCUT2D eigenvalue weighted by Gasteiger charge is 2.19. The van der Waals surface area contributed by atoms with Crippen molar-refractivity contribution in [2.24, 2.45) is 0 Å². The maximum absolute atomic E-state index is 11.6. The Morgan fingerprint density at radius 1 is 1.25 bits per heavy atom. The Morgan fingerprint density at radius 2 is 1.92 bits per heavy atom. The van der Waals surface area contributed by atoms with Gasteiger partial charge in [0.15, 0.2) is 0 Å². The molecule has 0 aliphatic rings. The number of hydrogen-bond acceptors (Lipinski definition) is 3. The average molecular weight is 202 g/mol. The number of rotatable bonds is 7. The fourth-order valence-corrected chi connectivity index (χ4v) is 0.838. The van der Waals surface area contributed by atoms with Crippen LogP contribution in [0, 0.1) is 0 Å². The van der Waals surface area contributed by atoms with Gasteiger partial charge in [-0.05, 0) is 6.42 Å². The second kappa shape index (κ2) is 6.52. The lowest BCUT2D eigenvalue weighted by molar-refractivity contribution is 0.0923. The molecule has 0 unspecified atom stereocenters.